The number of nitrogens with two attached hydrogens (primary N) is 1. The molecule has 80 valence electrons. The molecule has 0 aliphatic heterocycles. The van der Waals surface area contributed by atoms with Crippen molar-refractivity contribution in [1.29, 1.82) is 0 Å². The maximum atomic E-state index is 5.47. The zero-order chi connectivity index (χ0) is 10.8. The topological polar surface area (TPSA) is 64.7 Å². The van der Waals surface area contributed by atoms with Crippen molar-refractivity contribution >= 4 is 22.7 Å². The zero-order valence-corrected chi connectivity index (χ0v) is 10.3. The summed E-state index contributed by atoms with van der Waals surface area (Å²) in [5.41, 5.74) is 6.51. The van der Waals surface area contributed by atoms with Gasteiger partial charge in [-0.3, -0.25) is 0 Å². The molecular weight excluding hydrogens is 228 g/mol. The van der Waals surface area contributed by atoms with E-state index in [4.69, 9.17) is 5.73 Å². The lowest BCUT2D eigenvalue weighted by Gasteiger charge is -1.88. The summed E-state index contributed by atoms with van der Waals surface area (Å²) in [5, 5.41) is 11.3. The van der Waals surface area contributed by atoms with Crippen LogP contribution in [-0.4, -0.2) is 21.7 Å². The third-order valence-electron chi connectivity index (χ3n) is 1.92. The molecule has 2 aromatic heterocycles. The van der Waals surface area contributed by atoms with Gasteiger partial charge in [-0.1, -0.05) is 11.3 Å². The first-order valence-electron chi connectivity index (χ1n) is 4.67. The van der Waals surface area contributed by atoms with Crippen molar-refractivity contribution < 1.29 is 0 Å². The quantitative estimate of drug-likeness (QED) is 0.888. The van der Waals surface area contributed by atoms with Gasteiger partial charge in [-0.2, -0.15) is 0 Å². The molecule has 2 aromatic rings. The Morgan fingerprint density at radius 2 is 2.00 bits per heavy atom. The molecule has 6 heteroatoms. The normalized spacial score (nSPS) is 10.9. The van der Waals surface area contributed by atoms with Crippen LogP contribution in [0.1, 0.15) is 15.7 Å². The van der Waals surface area contributed by atoms with E-state index >= 15 is 0 Å². The van der Waals surface area contributed by atoms with Crippen molar-refractivity contribution in [2.45, 2.75) is 20.3 Å². The second-order valence-corrected chi connectivity index (χ2v) is 5.45. The predicted molar refractivity (Wildman–Crippen MR) is 63.2 cm³/mol. The first kappa shape index (κ1) is 10.7. The molecule has 0 fully saturated rings. The molecule has 0 bridgehead atoms. The molecule has 4 nitrogen and oxygen atoms in total. The summed E-state index contributed by atoms with van der Waals surface area (Å²) in [4.78, 5) is 5.51. The van der Waals surface area contributed by atoms with E-state index in [1.807, 2.05) is 13.8 Å². The highest BCUT2D eigenvalue weighted by molar-refractivity contribution is 7.21. The third kappa shape index (κ3) is 2.22. The maximum absolute atomic E-state index is 5.47. The summed E-state index contributed by atoms with van der Waals surface area (Å²) >= 11 is 3.27. The van der Waals surface area contributed by atoms with Gasteiger partial charge in [0.2, 0.25) is 0 Å². The van der Waals surface area contributed by atoms with Gasteiger partial charge in [-0.05, 0) is 20.4 Å². The molecule has 2 heterocycles. The molecule has 2 rings (SSSR count). The number of nitrogens with zero attached hydrogens (tertiary/aromatic N) is 3. The summed E-state index contributed by atoms with van der Waals surface area (Å²) in [6.07, 6.45) is 0.800. The summed E-state index contributed by atoms with van der Waals surface area (Å²) in [6, 6.07) is 0. The van der Waals surface area contributed by atoms with Crippen molar-refractivity contribution in [2.75, 3.05) is 6.54 Å². The number of aromatic nitrogens is 3. The molecule has 0 saturated carbocycles. The van der Waals surface area contributed by atoms with Gasteiger partial charge in [0, 0.05) is 6.42 Å². The Balaban J connectivity index is 2.32. The second-order valence-electron chi connectivity index (χ2n) is 3.19. The molecule has 0 atom stereocenters. The fourth-order valence-electron chi connectivity index (χ4n) is 1.30. The first-order chi connectivity index (χ1) is 7.20. The van der Waals surface area contributed by atoms with Crippen LogP contribution in [0.5, 0.6) is 0 Å². The molecule has 0 aliphatic rings. The minimum Gasteiger partial charge on any atom is -0.330 e. The van der Waals surface area contributed by atoms with E-state index < -0.39 is 0 Å². The lowest BCUT2D eigenvalue weighted by Crippen LogP contribution is -2.01. The molecule has 0 amide bonds. The predicted octanol–water partition coefficient (Wildman–Crippen LogP) is 1.78. The molecule has 0 aliphatic carbocycles. The average molecular weight is 240 g/mol. The van der Waals surface area contributed by atoms with Crippen molar-refractivity contribution in [3.63, 3.8) is 0 Å². The van der Waals surface area contributed by atoms with E-state index in [1.165, 1.54) is 0 Å². The van der Waals surface area contributed by atoms with Gasteiger partial charge in [0.1, 0.15) is 5.01 Å². The van der Waals surface area contributed by atoms with Gasteiger partial charge in [0.25, 0.3) is 0 Å². The smallest absolute Gasteiger partial charge is 0.159 e. The lowest BCUT2D eigenvalue weighted by molar-refractivity contribution is 0.913. The summed E-state index contributed by atoms with van der Waals surface area (Å²) in [7, 11) is 0. The van der Waals surface area contributed by atoms with Gasteiger partial charge in [-0.25, -0.2) is 4.98 Å². The summed E-state index contributed by atoms with van der Waals surface area (Å²) in [6.45, 7) is 4.63. The Morgan fingerprint density at radius 1 is 1.20 bits per heavy atom. The maximum Gasteiger partial charge on any atom is 0.159 e. The Hall–Kier alpha value is -0.850. The molecule has 15 heavy (non-hydrogen) atoms. The number of hydrogen-bond acceptors (Lipinski definition) is 6. The highest BCUT2D eigenvalue weighted by Crippen LogP contribution is 2.31. The number of aryl methyl sites for hydroxylation is 2. The monoisotopic (exact) mass is 240 g/mol. The van der Waals surface area contributed by atoms with Crippen LogP contribution < -0.4 is 5.73 Å². The number of hydrogen-bond donors (Lipinski definition) is 1. The minimum absolute atomic E-state index is 0.620. The van der Waals surface area contributed by atoms with Crippen LogP contribution in [0.4, 0.5) is 0 Å². The second kappa shape index (κ2) is 4.34. The minimum atomic E-state index is 0.620. The van der Waals surface area contributed by atoms with E-state index in [-0.39, 0.29) is 0 Å². The molecule has 2 N–H and O–H groups in total. The Bertz CT molecular complexity index is 460. The van der Waals surface area contributed by atoms with Gasteiger partial charge in [-0.15, -0.1) is 21.5 Å². The Labute approximate surface area is 96.2 Å². The lowest BCUT2D eigenvalue weighted by atomic mass is 10.4. The van der Waals surface area contributed by atoms with E-state index in [1.54, 1.807) is 22.7 Å². The van der Waals surface area contributed by atoms with Gasteiger partial charge < -0.3 is 5.73 Å². The van der Waals surface area contributed by atoms with Gasteiger partial charge in [0.05, 0.1) is 15.6 Å². The van der Waals surface area contributed by atoms with Crippen molar-refractivity contribution in [2.24, 2.45) is 5.73 Å². The van der Waals surface area contributed by atoms with Gasteiger partial charge in [0.15, 0.2) is 5.01 Å². The third-order valence-corrected chi connectivity index (χ3v) is 4.13. The van der Waals surface area contributed by atoms with Crippen LogP contribution in [0.2, 0.25) is 0 Å². The Morgan fingerprint density at radius 3 is 2.60 bits per heavy atom. The molecule has 0 radical (unpaired) electrons. The van der Waals surface area contributed by atoms with Crippen molar-refractivity contribution in [3.8, 4) is 9.88 Å². The molecule has 0 spiro atoms. The fraction of sp³-hybridized carbons (Fsp3) is 0.444. The van der Waals surface area contributed by atoms with E-state index in [0.717, 1.165) is 32.0 Å². The number of rotatable bonds is 3. The number of thiazole rings is 1. The van der Waals surface area contributed by atoms with Crippen LogP contribution in [0.25, 0.3) is 9.88 Å². The standard InChI is InChI=1S/C9H12N4S2/c1-5-8(14-6(2)11-5)9-13-12-7(15-9)3-4-10/h3-4,10H2,1-2H3. The highest BCUT2D eigenvalue weighted by Gasteiger charge is 2.12. The van der Waals surface area contributed by atoms with Crippen LogP contribution >= 0.6 is 22.7 Å². The largest absolute Gasteiger partial charge is 0.330 e. The van der Waals surface area contributed by atoms with Crippen molar-refractivity contribution in [1.82, 2.24) is 15.2 Å². The summed E-state index contributed by atoms with van der Waals surface area (Å²) < 4.78 is 0. The molecular formula is C9H12N4S2. The highest BCUT2D eigenvalue weighted by atomic mass is 32.1. The summed E-state index contributed by atoms with van der Waals surface area (Å²) in [5.74, 6) is 0. The van der Waals surface area contributed by atoms with E-state index in [0.29, 0.717) is 6.54 Å². The fourth-order valence-corrected chi connectivity index (χ4v) is 3.20. The van der Waals surface area contributed by atoms with Crippen LogP contribution in [0, 0.1) is 13.8 Å². The van der Waals surface area contributed by atoms with Gasteiger partial charge >= 0.3 is 0 Å². The van der Waals surface area contributed by atoms with E-state index in [9.17, 15) is 0 Å². The Kier molecular flexibility index (Phi) is 3.08. The zero-order valence-electron chi connectivity index (χ0n) is 8.65. The van der Waals surface area contributed by atoms with Crippen LogP contribution in [0.3, 0.4) is 0 Å². The van der Waals surface area contributed by atoms with Crippen LogP contribution in [-0.2, 0) is 6.42 Å². The van der Waals surface area contributed by atoms with Crippen molar-refractivity contribution in [3.05, 3.63) is 15.7 Å². The molecule has 0 unspecified atom stereocenters. The van der Waals surface area contributed by atoms with Crippen LogP contribution in [0.15, 0.2) is 0 Å². The molecule has 0 saturated heterocycles. The SMILES string of the molecule is Cc1nc(C)c(-c2nnc(CCN)s2)s1. The molecule has 0 aromatic carbocycles. The first-order valence-corrected chi connectivity index (χ1v) is 6.31. The average Bonchev–Trinajstić information content (AvgIpc) is 2.73. The van der Waals surface area contributed by atoms with E-state index in [2.05, 4.69) is 15.2 Å².